The Morgan fingerprint density at radius 2 is 2.21 bits per heavy atom. The lowest BCUT2D eigenvalue weighted by Crippen LogP contribution is -2.19. The number of esters is 1. The van der Waals surface area contributed by atoms with E-state index >= 15 is 0 Å². The van der Waals surface area contributed by atoms with Gasteiger partial charge in [0.2, 0.25) is 0 Å². The average Bonchev–Trinajstić information content (AvgIpc) is 2.42. The number of hydrogen-bond acceptors (Lipinski definition) is 5. The molecule has 19 heavy (non-hydrogen) atoms. The van der Waals surface area contributed by atoms with Crippen LogP contribution in [0.1, 0.15) is 5.56 Å². The summed E-state index contributed by atoms with van der Waals surface area (Å²) >= 11 is 1.15. The van der Waals surface area contributed by atoms with E-state index in [1.165, 1.54) is 13.2 Å². The normalized spacial score (nSPS) is 10.5. The third-order valence-electron chi connectivity index (χ3n) is 2.41. The van der Waals surface area contributed by atoms with E-state index in [1.807, 2.05) is 6.07 Å². The molecule has 0 aliphatic rings. The Labute approximate surface area is 116 Å². The summed E-state index contributed by atoms with van der Waals surface area (Å²) in [5.41, 5.74) is 0.824. The summed E-state index contributed by atoms with van der Waals surface area (Å²) in [7, 11) is 2.94. The molecule has 1 N–H and O–H groups in total. The van der Waals surface area contributed by atoms with Crippen molar-refractivity contribution >= 4 is 17.7 Å². The van der Waals surface area contributed by atoms with Crippen LogP contribution in [0.15, 0.2) is 23.1 Å². The van der Waals surface area contributed by atoms with Gasteiger partial charge < -0.3 is 14.8 Å². The highest BCUT2D eigenvalue weighted by Crippen LogP contribution is 2.26. The quantitative estimate of drug-likeness (QED) is 0.449. The lowest BCUT2D eigenvalue weighted by molar-refractivity contribution is -0.137. The fourth-order valence-electron chi connectivity index (χ4n) is 1.44. The van der Waals surface area contributed by atoms with Crippen LogP contribution in [-0.2, 0) is 20.8 Å². The molecule has 0 radical (unpaired) electrons. The van der Waals surface area contributed by atoms with Crippen molar-refractivity contribution < 1.29 is 18.7 Å². The third kappa shape index (κ3) is 5.59. The number of nitrogens with one attached hydrogen (secondary N) is 1. The molecule has 0 saturated carbocycles. The summed E-state index contributed by atoms with van der Waals surface area (Å²) < 4.78 is 23.2. The molecule has 0 unspecified atom stereocenters. The summed E-state index contributed by atoms with van der Waals surface area (Å²) in [6, 6.07) is 4.88. The van der Waals surface area contributed by atoms with Crippen molar-refractivity contribution in [1.82, 2.24) is 5.32 Å². The predicted molar refractivity (Wildman–Crippen MR) is 72.7 cm³/mol. The van der Waals surface area contributed by atoms with Crippen LogP contribution in [0.5, 0.6) is 0 Å². The van der Waals surface area contributed by atoms with Crippen LogP contribution in [0, 0.1) is 5.82 Å². The lowest BCUT2D eigenvalue weighted by Gasteiger charge is -2.10. The van der Waals surface area contributed by atoms with Crippen molar-refractivity contribution in [2.75, 3.05) is 33.1 Å². The predicted octanol–water partition coefficient (Wildman–Crippen LogP) is 1.83. The Morgan fingerprint density at radius 3 is 2.89 bits per heavy atom. The van der Waals surface area contributed by atoms with Gasteiger partial charge in [0, 0.05) is 25.1 Å². The molecule has 0 aliphatic carbocycles. The van der Waals surface area contributed by atoms with Gasteiger partial charge in [-0.3, -0.25) is 4.79 Å². The maximum Gasteiger partial charge on any atom is 0.315 e. The highest BCUT2D eigenvalue weighted by Gasteiger charge is 2.11. The summed E-state index contributed by atoms with van der Waals surface area (Å²) in [5.74, 6) is -0.589. The molecule has 1 rings (SSSR count). The SMILES string of the molecule is COCCNCc1cccc(F)c1SCC(=O)OC. The smallest absolute Gasteiger partial charge is 0.315 e. The topological polar surface area (TPSA) is 47.6 Å². The molecule has 106 valence electrons. The van der Waals surface area contributed by atoms with Crippen molar-refractivity contribution in [2.45, 2.75) is 11.4 Å². The zero-order valence-electron chi connectivity index (χ0n) is 11.1. The van der Waals surface area contributed by atoms with Gasteiger partial charge in [-0.05, 0) is 11.6 Å². The van der Waals surface area contributed by atoms with E-state index in [-0.39, 0.29) is 17.5 Å². The van der Waals surface area contributed by atoms with Gasteiger partial charge in [0.25, 0.3) is 0 Å². The minimum absolute atomic E-state index is 0.0997. The number of methoxy groups -OCH3 is 2. The Balaban J connectivity index is 2.63. The number of carbonyl (C=O) groups is 1. The minimum Gasteiger partial charge on any atom is -0.468 e. The first kappa shape index (κ1) is 15.9. The summed E-state index contributed by atoms with van der Waals surface area (Å²) in [4.78, 5) is 11.6. The molecular weight excluding hydrogens is 269 g/mol. The van der Waals surface area contributed by atoms with Crippen molar-refractivity contribution in [3.8, 4) is 0 Å². The van der Waals surface area contributed by atoms with Gasteiger partial charge in [0.05, 0.1) is 19.5 Å². The molecular formula is C13H18FNO3S. The van der Waals surface area contributed by atoms with E-state index in [0.717, 1.165) is 17.3 Å². The van der Waals surface area contributed by atoms with Gasteiger partial charge in [-0.2, -0.15) is 0 Å². The highest BCUT2D eigenvalue weighted by atomic mass is 32.2. The number of benzene rings is 1. The zero-order valence-corrected chi connectivity index (χ0v) is 11.9. The first-order valence-electron chi connectivity index (χ1n) is 5.85. The Hall–Kier alpha value is -1.11. The van der Waals surface area contributed by atoms with E-state index in [1.54, 1.807) is 13.2 Å². The maximum absolute atomic E-state index is 13.8. The molecule has 6 heteroatoms. The van der Waals surface area contributed by atoms with Gasteiger partial charge in [0.1, 0.15) is 5.82 Å². The van der Waals surface area contributed by atoms with Crippen LogP contribution in [-0.4, -0.2) is 39.1 Å². The van der Waals surface area contributed by atoms with Gasteiger partial charge in [0.15, 0.2) is 0 Å². The summed E-state index contributed by atoms with van der Waals surface area (Å²) in [6.45, 7) is 1.82. The highest BCUT2D eigenvalue weighted by molar-refractivity contribution is 8.00. The van der Waals surface area contributed by atoms with Crippen LogP contribution in [0.25, 0.3) is 0 Å². The standard InChI is InChI=1S/C13H18FNO3S/c1-17-7-6-15-8-10-4-3-5-11(14)13(10)19-9-12(16)18-2/h3-5,15H,6-9H2,1-2H3. The summed E-state index contributed by atoms with van der Waals surface area (Å²) in [5, 5.41) is 3.15. The maximum atomic E-state index is 13.8. The molecule has 0 spiro atoms. The van der Waals surface area contributed by atoms with Gasteiger partial charge >= 0.3 is 5.97 Å². The van der Waals surface area contributed by atoms with Gasteiger partial charge in [-0.25, -0.2) is 4.39 Å². The molecule has 0 aliphatic heterocycles. The molecule has 0 saturated heterocycles. The zero-order chi connectivity index (χ0) is 14.1. The molecule has 0 bridgehead atoms. The van der Waals surface area contributed by atoms with Crippen LogP contribution >= 0.6 is 11.8 Å². The fourth-order valence-corrected chi connectivity index (χ4v) is 2.35. The third-order valence-corrected chi connectivity index (χ3v) is 3.53. The average molecular weight is 287 g/mol. The van der Waals surface area contributed by atoms with Crippen LogP contribution in [0.4, 0.5) is 4.39 Å². The number of carbonyl (C=O) groups excluding carboxylic acids is 1. The van der Waals surface area contributed by atoms with Crippen molar-refractivity contribution in [2.24, 2.45) is 0 Å². The first-order valence-corrected chi connectivity index (χ1v) is 6.84. The van der Waals surface area contributed by atoms with Crippen LogP contribution in [0.2, 0.25) is 0 Å². The molecule has 4 nitrogen and oxygen atoms in total. The van der Waals surface area contributed by atoms with Crippen molar-refractivity contribution in [3.63, 3.8) is 0 Å². The van der Waals surface area contributed by atoms with Crippen molar-refractivity contribution in [1.29, 1.82) is 0 Å². The molecule has 0 amide bonds. The number of rotatable bonds is 8. The second kappa shape index (κ2) is 8.90. The second-order valence-corrected chi connectivity index (χ2v) is 4.75. The number of halogens is 1. The first-order chi connectivity index (χ1) is 9.19. The van der Waals surface area contributed by atoms with Crippen molar-refractivity contribution in [3.05, 3.63) is 29.6 Å². The second-order valence-electron chi connectivity index (χ2n) is 3.76. The Morgan fingerprint density at radius 1 is 1.42 bits per heavy atom. The van der Waals surface area contributed by atoms with E-state index in [9.17, 15) is 9.18 Å². The molecule has 0 heterocycles. The number of ether oxygens (including phenoxy) is 2. The molecule has 0 fully saturated rings. The number of thioether (sulfide) groups is 1. The summed E-state index contributed by atoms with van der Waals surface area (Å²) in [6.07, 6.45) is 0. The van der Waals surface area contributed by atoms with E-state index in [0.29, 0.717) is 24.6 Å². The fraction of sp³-hybridized carbons (Fsp3) is 0.462. The Kier molecular flexibility index (Phi) is 7.47. The van der Waals surface area contributed by atoms with Crippen LogP contribution in [0.3, 0.4) is 0 Å². The van der Waals surface area contributed by atoms with E-state index in [2.05, 4.69) is 10.1 Å². The lowest BCUT2D eigenvalue weighted by atomic mass is 10.2. The van der Waals surface area contributed by atoms with Crippen LogP contribution < -0.4 is 5.32 Å². The monoisotopic (exact) mass is 287 g/mol. The number of hydrogen-bond donors (Lipinski definition) is 1. The van der Waals surface area contributed by atoms with Gasteiger partial charge in [-0.15, -0.1) is 11.8 Å². The van der Waals surface area contributed by atoms with Gasteiger partial charge in [-0.1, -0.05) is 12.1 Å². The molecule has 1 aromatic carbocycles. The van der Waals surface area contributed by atoms with E-state index in [4.69, 9.17) is 4.74 Å². The Bertz CT molecular complexity index is 415. The largest absolute Gasteiger partial charge is 0.468 e. The molecule has 0 aromatic heterocycles. The molecule has 1 aromatic rings. The van der Waals surface area contributed by atoms with E-state index < -0.39 is 0 Å². The minimum atomic E-state index is -0.369. The molecule has 0 atom stereocenters.